The van der Waals surface area contributed by atoms with Gasteiger partial charge in [-0.05, 0) is 30.0 Å². The van der Waals surface area contributed by atoms with Gasteiger partial charge in [-0.1, -0.05) is 6.07 Å². The minimum atomic E-state index is -0.207. The number of fused-ring (bicyclic) bond motifs is 1. The molecule has 0 saturated carbocycles. The van der Waals surface area contributed by atoms with E-state index in [9.17, 15) is 9.90 Å². The number of carbonyl (C=O) groups excluding carboxylic acids is 1. The molecule has 0 unspecified atom stereocenters. The fourth-order valence-electron chi connectivity index (χ4n) is 2.11. The van der Waals surface area contributed by atoms with Crippen molar-refractivity contribution in [1.29, 1.82) is 0 Å². The predicted molar refractivity (Wildman–Crippen MR) is 77.9 cm³/mol. The molecule has 5 nitrogen and oxygen atoms in total. The number of rotatable bonds is 5. The molecule has 0 atom stereocenters. The van der Waals surface area contributed by atoms with Crippen molar-refractivity contribution in [3.8, 4) is 5.75 Å². The molecule has 1 aromatic carbocycles. The number of methoxy groups -OCH3 is 1. The van der Waals surface area contributed by atoms with Crippen molar-refractivity contribution < 1.29 is 14.6 Å². The van der Waals surface area contributed by atoms with E-state index < -0.39 is 0 Å². The number of hydrogen-bond donors (Lipinski definition) is 1. The van der Waals surface area contributed by atoms with E-state index in [-0.39, 0.29) is 11.7 Å². The lowest BCUT2D eigenvalue weighted by Gasteiger charge is -2.19. The quantitative estimate of drug-likeness (QED) is 0.848. The molecular formula is C15H18N2O3. The maximum atomic E-state index is 11.1. The SMILES string of the molecule is COC(=O)CCCN(C)c1nccc2ccc(O)cc12. The zero-order valence-corrected chi connectivity index (χ0v) is 11.7. The maximum Gasteiger partial charge on any atom is 0.305 e. The number of nitrogens with zero attached hydrogens (tertiary/aromatic N) is 2. The third-order valence-electron chi connectivity index (χ3n) is 3.19. The molecule has 2 rings (SSSR count). The summed E-state index contributed by atoms with van der Waals surface area (Å²) >= 11 is 0. The van der Waals surface area contributed by atoms with Crippen LogP contribution in [-0.2, 0) is 9.53 Å². The van der Waals surface area contributed by atoms with Crippen LogP contribution < -0.4 is 4.90 Å². The Hall–Kier alpha value is -2.30. The first-order valence-electron chi connectivity index (χ1n) is 6.47. The van der Waals surface area contributed by atoms with Crippen LogP contribution in [0.2, 0.25) is 0 Å². The largest absolute Gasteiger partial charge is 0.508 e. The van der Waals surface area contributed by atoms with Gasteiger partial charge in [0.05, 0.1) is 7.11 Å². The second-order valence-corrected chi connectivity index (χ2v) is 4.64. The Balaban J connectivity index is 2.15. The highest BCUT2D eigenvalue weighted by atomic mass is 16.5. The van der Waals surface area contributed by atoms with Crippen LogP contribution in [-0.4, -0.2) is 36.8 Å². The molecular weight excluding hydrogens is 256 g/mol. The van der Waals surface area contributed by atoms with E-state index in [2.05, 4.69) is 9.72 Å². The minimum Gasteiger partial charge on any atom is -0.508 e. The van der Waals surface area contributed by atoms with Crippen LogP contribution in [0.4, 0.5) is 5.82 Å². The molecule has 106 valence electrons. The lowest BCUT2D eigenvalue weighted by Crippen LogP contribution is -2.20. The van der Waals surface area contributed by atoms with Crippen molar-refractivity contribution in [2.75, 3.05) is 25.6 Å². The third kappa shape index (κ3) is 3.17. The number of aromatic nitrogens is 1. The van der Waals surface area contributed by atoms with Crippen LogP contribution in [0.15, 0.2) is 30.5 Å². The second-order valence-electron chi connectivity index (χ2n) is 4.64. The lowest BCUT2D eigenvalue weighted by molar-refractivity contribution is -0.140. The number of aromatic hydroxyl groups is 1. The number of benzene rings is 1. The summed E-state index contributed by atoms with van der Waals surface area (Å²) < 4.78 is 4.62. The highest BCUT2D eigenvalue weighted by molar-refractivity contribution is 5.93. The summed E-state index contributed by atoms with van der Waals surface area (Å²) in [6.07, 6.45) is 2.82. The van der Waals surface area contributed by atoms with Gasteiger partial charge in [0.25, 0.3) is 0 Å². The summed E-state index contributed by atoms with van der Waals surface area (Å²) in [7, 11) is 3.31. The van der Waals surface area contributed by atoms with Crippen LogP contribution >= 0.6 is 0 Å². The molecule has 0 radical (unpaired) electrons. The molecule has 1 heterocycles. The molecule has 1 aromatic heterocycles. The smallest absolute Gasteiger partial charge is 0.305 e. The number of esters is 1. The average Bonchev–Trinajstić information content (AvgIpc) is 2.46. The first-order valence-corrected chi connectivity index (χ1v) is 6.47. The first kappa shape index (κ1) is 14.1. The number of carbonyl (C=O) groups is 1. The Morgan fingerprint density at radius 1 is 1.40 bits per heavy atom. The van der Waals surface area contributed by atoms with Gasteiger partial charge in [0.15, 0.2) is 0 Å². The topological polar surface area (TPSA) is 62.7 Å². The molecule has 20 heavy (non-hydrogen) atoms. The van der Waals surface area contributed by atoms with Gasteiger partial charge in [-0.25, -0.2) is 4.98 Å². The van der Waals surface area contributed by atoms with Crippen molar-refractivity contribution in [2.45, 2.75) is 12.8 Å². The molecule has 0 saturated heterocycles. The fourth-order valence-corrected chi connectivity index (χ4v) is 2.11. The Morgan fingerprint density at radius 2 is 2.20 bits per heavy atom. The Morgan fingerprint density at radius 3 is 2.95 bits per heavy atom. The number of phenolic OH excluding ortho intramolecular Hbond substituents is 1. The van der Waals surface area contributed by atoms with E-state index in [1.54, 1.807) is 18.3 Å². The number of phenols is 1. The van der Waals surface area contributed by atoms with Gasteiger partial charge >= 0.3 is 5.97 Å². The third-order valence-corrected chi connectivity index (χ3v) is 3.19. The molecule has 0 amide bonds. The monoisotopic (exact) mass is 274 g/mol. The van der Waals surface area contributed by atoms with Gasteiger partial charge < -0.3 is 14.7 Å². The standard InChI is InChI=1S/C15H18N2O3/c1-17(9-3-4-14(19)20-2)15-13-10-12(18)6-5-11(13)7-8-16-15/h5-8,10,18H,3-4,9H2,1-2H3. The number of pyridine rings is 1. The Kier molecular flexibility index (Phi) is 4.40. The molecule has 0 aliphatic heterocycles. The molecule has 0 fully saturated rings. The van der Waals surface area contributed by atoms with Crippen molar-refractivity contribution in [1.82, 2.24) is 4.98 Å². The number of ether oxygens (including phenoxy) is 1. The average molecular weight is 274 g/mol. The van der Waals surface area contributed by atoms with E-state index >= 15 is 0 Å². The normalized spacial score (nSPS) is 10.5. The van der Waals surface area contributed by atoms with E-state index in [0.29, 0.717) is 19.4 Å². The van der Waals surface area contributed by atoms with Crippen LogP contribution in [0.25, 0.3) is 10.8 Å². The molecule has 0 aliphatic rings. The molecule has 5 heteroatoms. The summed E-state index contributed by atoms with van der Waals surface area (Å²) in [5.41, 5.74) is 0. The van der Waals surface area contributed by atoms with Gasteiger partial charge in [-0.3, -0.25) is 4.79 Å². The molecule has 1 N–H and O–H groups in total. The van der Waals surface area contributed by atoms with Gasteiger partial charge in [0.1, 0.15) is 11.6 Å². The van der Waals surface area contributed by atoms with Gasteiger partial charge in [0, 0.05) is 31.6 Å². The Bertz CT molecular complexity index is 613. The highest BCUT2D eigenvalue weighted by Crippen LogP contribution is 2.27. The second kappa shape index (κ2) is 6.23. The summed E-state index contributed by atoms with van der Waals surface area (Å²) in [4.78, 5) is 17.4. The summed E-state index contributed by atoms with van der Waals surface area (Å²) in [5.74, 6) is 0.805. The Labute approximate surface area is 117 Å². The predicted octanol–water partition coefficient (Wildman–Crippen LogP) is 2.33. The van der Waals surface area contributed by atoms with Crippen molar-refractivity contribution in [2.24, 2.45) is 0 Å². The number of anilines is 1. The van der Waals surface area contributed by atoms with E-state index in [0.717, 1.165) is 16.6 Å². The van der Waals surface area contributed by atoms with Gasteiger partial charge in [0.2, 0.25) is 0 Å². The highest BCUT2D eigenvalue weighted by Gasteiger charge is 2.09. The number of hydrogen-bond acceptors (Lipinski definition) is 5. The first-order chi connectivity index (χ1) is 9.61. The van der Waals surface area contributed by atoms with Crippen molar-refractivity contribution >= 4 is 22.6 Å². The van der Waals surface area contributed by atoms with Gasteiger partial charge in [-0.15, -0.1) is 0 Å². The van der Waals surface area contributed by atoms with Crippen LogP contribution in [0.1, 0.15) is 12.8 Å². The van der Waals surface area contributed by atoms with E-state index in [1.165, 1.54) is 7.11 Å². The zero-order chi connectivity index (χ0) is 14.5. The summed E-state index contributed by atoms with van der Waals surface area (Å²) in [5, 5.41) is 11.5. The molecule has 0 spiro atoms. The van der Waals surface area contributed by atoms with Crippen molar-refractivity contribution in [3.05, 3.63) is 30.5 Å². The molecule has 0 bridgehead atoms. The summed E-state index contributed by atoms with van der Waals surface area (Å²) in [6, 6.07) is 7.12. The molecule has 0 aliphatic carbocycles. The van der Waals surface area contributed by atoms with E-state index in [1.807, 2.05) is 24.1 Å². The van der Waals surface area contributed by atoms with Gasteiger partial charge in [-0.2, -0.15) is 0 Å². The maximum absolute atomic E-state index is 11.1. The fraction of sp³-hybridized carbons (Fsp3) is 0.333. The van der Waals surface area contributed by atoms with E-state index in [4.69, 9.17) is 0 Å². The van der Waals surface area contributed by atoms with Crippen LogP contribution in [0.3, 0.4) is 0 Å². The lowest BCUT2D eigenvalue weighted by atomic mass is 10.1. The summed E-state index contributed by atoms with van der Waals surface area (Å²) in [6.45, 7) is 0.691. The molecule has 2 aromatic rings. The minimum absolute atomic E-state index is 0.207. The van der Waals surface area contributed by atoms with Crippen LogP contribution in [0, 0.1) is 0 Å². The zero-order valence-electron chi connectivity index (χ0n) is 11.7. The van der Waals surface area contributed by atoms with Crippen molar-refractivity contribution in [3.63, 3.8) is 0 Å². The van der Waals surface area contributed by atoms with Crippen LogP contribution in [0.5, 0.6) is 5.75 Å².